The Bertz CT molecular complexity index is 582. The molecule has 0 fully saturated rings. The van der Waals surface area contributed by atoms with Gasteiger partial charge in [0.25, 0.3) is 0 Å². The van der Waals surface area contributed by atoms with Crippen LogP contribution >= 0.6 is 0 Å². The molecule has 0 radical (unpaired) electrons. The van der Waals surface area contributed by atoms with E-state index in [2.05, 4.69) is 13.8 Å². The van der Waals surface area contributed by atoms with Gasteiger partial charge in [-0.1, -0.05) is 129 Å². The normalized spacial score (nSPS) is 11.1. The third kappa shape index (κ3) is 13.8. The van der Waals surface area contributed by atoms with Crippen LogP contribution in [-0.2, 0) is 11.2 Å². The van der Waals surface area contributed by atoms with Gasteiger partial charge >= 0.3 is 5.97 Å². The average Bonchev–Trinajstić information content (AvgIpc) is 2.80. The van der Waals surface area contributed by atoms with E-state index in [4.69, 9.17) is 4.74 Å². The van der Waals surface area contributed by atoms with E-state index in [1.807, 2.05) is 12.1 Å². The summed E-state index contributed by atoms with van der Waals surface area (Å²) in [5.41, 5.74) is 1.18. The maximum absolute atomic E-state index is 12.4. The van der Waals surface area contributed by atoms with Crippen LogP contribution in [0.5, 0.6) is 5.75 Å². The number of carbonyl (C=O) groups is 1. The topological polar surface area (TPSA) is 46.5 Å². The Morgan fingerprint density at radius 1 is 0.688 bits per heavy atom. The van der Waals surface area contributed by atoms with Crippen LogP contribution in [0.3, 0.4) is 0 Å². The van der Waals surface area contributed by atoms with Crippen molar-refractivity contribution in [1.29, 1.82) is 0 Å². The molecule has 0 aromatic heterocycles. The first-order chi connectivity index (χ1) is 15.7. The first-order valence-electron chi connectivity index (χ1n) is 13.7. The van der Waals surface area contributed by atoms with E-state index in [1.54, 1.807) is 6.07 Å². The smallest absolute Gasteiger partial charge is 0.341 e. The van der Waals surface area contributed by atoms with Gasteiger partial charge in [0.1, 0.15) is 11.3 Å². The molecular weight excluding hydrogens is 396 g/mol. The number of para-hydroxylation sites is 1. The molecule has 0 unspecified atom stereocenters. The van der Waals surface area contributed by atoms with Crippen LogP contribution in [0.4, 0.5) is 0 Å². The second kappa shape index (κ2) is 20.1. The molecule has 0 heterocycles. The fourth-order valence-electron chi connectivity index (χ4n) is 4.24. The van der Waals surface area contributed by atoms with Gasteiger partial charge in [0.15, 0.2) is 0 Å². The van der Waals surface area contributed by atoms with Gasteiger partial charge < -0.3 is 9.84 Å². The van der Waals surface area contributed by atoms with Crippen LogP contribution < -0.4 is 0 Å². The number of hydrogen-bond donors (Lipinski definition) is 1. The fourth-order valence-corrected chi connectivity index (χ4v) is 4.24. The molecular formula is C29H50O3. The van der Waals surface area contributed by atoms with Crippen molar-refractivity contribution in [2.75, 3.05) is 6.61 Å². The third-order valence-corrected chi connectivity index (χ3v) is 6.37. The number of phenols is 1. The van der Waals surface area contributed by atoms with E-state index >= 15 is 0 Å². The zero-order valence-electron chi connectivity index (χ0n) is 21.1. The van der Waals surface area contributed by atoms with E-state index in [0.29, 0.717) is 12.2 Å². The molecule has 3 heteroatoms. The Kier molecular flexibility index (Phi) is 17.9. The summed E-state index contributed by atoms with van der Waals surface area (Å²) in [6.07, 6.45) is 23.5. The van der Waals surface area contributed by atoms with Crippen molar-refractivity contribution in [3.63, 3.8) is 0 Å². The van der Waals surface area contributed by atoms with Gasteiger partial charge in [-0.2, -0.15) is 0 Å². The maximum atomic E-state index is 12.4. The number of aryl methyl sites for hydroxylation is 1. The average molecular weight is 447 g/mol. The molecule has 1 N–H and O–H groups in total. The molecule has 1 aromatic rings. The van der Waals surface area contributed by atoms with Crippen molar-refractivity contribution in [2.24, 2.45) is 0 Å². The number of phenolic OH excluding ortho intramolecular Hbond substituents is 1. The van der Waals surface area contributed by atoms with Gasteiger partial charge in [-0.3, -0.25) is 0 Å². The summed E-state index contributed by atoms with van der Waals surface area (Å²) in [6, 6.07) is 5.46. The van der Waals surface area contributed by atoms with Gasteiger partial charge in [-0.05, 0) is 30.9 Å². The van der Waals surface area contributed by atoms with Crippen molar-refractivity contribution in [3.8, 4) is 5.75 Å². The van der Waals surface area contributed by atoms with Crippen LogP contribution in [0.15, 0.2) is 18.2 Å². The second-order valence-corrected chi connectivity index (χ2v) is 9.36. The highest BCUT2D eigenvalue weighted by Gasteiger charge is 2.15. The summed E-state index contributed by atoms with van der Waals surface area (Å²) in [5, 5.41) is 10.5. The molecule has 1 aromatic carbocycles. The number of hydrogen-bond acceptors (Lipinski definition) is 3. The number of ether oxygens (including phenoxy) is 1. The molecule has 0 aliphatic heterocycles. The van der Waals surface area contributed by atoms with E-state index in [1.165, 1.54) is 96.3 Å². The van der Waals surface area contributed by atoms with E-state index in [9.17, 15) is 9.90 Å². The lowest BCUT2D eigenvalue weighted by molar-refractivity contribution is 0.0494. The molecule has 0 spiro atoms. The number of aromatic hydroxyl groups is 1. The Morgan fingerprint density at radius 3 is 1.69 bits per heavy atom. The van der Waals surface area contributed by atoms with Crippen LogP contribution in [0.25, 0.3) is 0 Å². The Labute approximate surface area is 198 Å². The first-order valence-corrected chi connectivity index (χ1v) is 13.7. The van der Waals surface area contributed by atoms with Gasteiger partial charge in [0, 0.05) is 0 Å². The van der Waals surface area contributed by atoms with E-state index in [0.717, 1.165) is 31.2 Å². The highest BCUT2D eigenvalue weighted by Crippen LogP contribution is 2.25. The predicted molar refractivity (Wildman–Crippen MR) is 137 cm³/mol. The SMILES string of the molecule is CCCCCCCCCCCCc1cccc(C(=O)OCCCCCCCCCC)c1O. The van der Waals surface area contributed by atoms with Crippen molar-refractivity contribution >= 4 is 5.97 Å². The summed E-state index contributed by atoms with van der Waals surface area (Å²) >= 11 is 0. The zero-order chi connectivity index (χ0) is 23.3. The molecule has 0 amide bonds. The number of esters is 1. The highest BCUT2D eigenvalue weighted by atomic mass is 16.5. The van der Waals surface area contributed by atoms with Crippen molar-refractivity contribution in [1.82, 2.24) is 0 Å². The molecule has 0 aliphatic carbocycles. The first kappa shape index (κ1) is 28.5. The lowest BCUT2D eigenvalue weighted by Crippen LogP contribution is -2.07. The zero-order valence-corrected chi connectivity index (χ0v) is 21.1. The van der Waals surface area contributed by atoms with Gasteiger partial charge in [-0.15, -0.1) is 0 Å². The van der Waals surface area contributed by atoms with Crippen molar-refractivity contribution in [2.45, 2.75) is 136 Å². The van der Waals surface area contributed by atoms with Gasteiger partial charge in [-0.25, -0.2) is 4.79 Å². The summed E-state index contributed by atoms with van der Waals surface area (Å²) in [7, 11) is 0. The molecule has 32 heavy (non-hydrogen) atoms. The number of rotatable bonds is 21. The molecule has 0 bridgehead atoms. The molecule has 184 valence electrons. The second-order valence-electron chi connectivity index (χ2n) is 9.36. The largest absolute Gasteiger partial charge is 0.507 e. The van der Waals surface area contributed by atoms with Crippen LogP contribution in [0, 0.1) is 0 Å². The standard InChI is InChI=1S/C29H50O3/c1-3-5-7-9-11-13-14-15-17-19-22-26-23-21-24-27(28(26)30)29(31)32-25-20-18-16-12-10-8-6-4-2/h21,23-24,30H,3-20,22,25H2,1-2H3. The molecule has 0 saturated heterocycles. The minimum Gasteiger partial charge on any atom is -0.507 e. The van der Waals surface area contributed by atoms with Gasteiger partial charge in [0.2, 0.25) is 0 Å². The third-order valence-electron chi connectivity index (χ3n) is 6.37. The van der Waals surface area contributed by atoms with Crippen LogP contribution in [0.2, 0.25) is 0 Å². The van der Waals surface area contributed by atoms with Crippen LogP contribution in [-0.4, -0.2) is 17.7 Å². The molecule has 1 rings (SSSR count). The minimum absolute atomic E-state index is 0.115. The van der Waals surface area contributed by atoms with E-state index in [-0.39, 0.29) is 5.75 Å². The Morgan fingerprint density at radius 2 is 1.16 bits per heavy atom. The molecule has 3 nitrogen and oxygen atoms in total. The molecule has 0 saturated carbocycles. The predicted octanol–water partition coefficient (Wildman–Crippen LogP) is 9.15. The van der Waals surface area contributed by atoms with Crippen molar-refractivity contribution < 1.29 is 14.6 Å². The fraction of sp³-hybridized carbons (Fsp3) is 0.759. The monoisotopic (exact) mass is 446 g/mol. The van der Waals surface area contributed by atoms with Crippen LogP contribution in [0.1, 0.15) is 145 Å². The quantitative estimate of drug-likeness (QED) is 0.151. The number of benzene rings is 1. The van der Waals surface area contributed by atoms with E-state index < -0.39 is 5.97 Å². The lowest BCUT2D eigenvalue weighted by Gasteiger charge is -2.10. The summed E-state index contributed by atoms with van der Waals surface area (Å²) in [6.45, 7) is 4.93. The Balaban J connectivity index is 2.17. The number of unbranched alkanes of at least 4 members (excludes halogenated alkanes) is 16. The van der Waals surface area contributed by atoms with Crippen molar-refractivity contribution in [3.05, 3.63) is 29.3 Å². The lowest BCUT2D eigenvalue weighted by atomic mass is 10.0. The summed E-state index contributed by atoms with van der Waals surface area (Å²) in [5.74, 6) is -0.278. The minimum atomic E-state index is -0.393. The highest BCUT2D eigenvalue weighted by molar-refractivity contribution is 5.92. The maximum Gasteiger partial charge on any atom is 0.341 e. The Hall–Kier alpha value is -1.51. The molecule has 0 atom stereocenters. The summed E-state index contributed by atoms with van der Waals surface area (Å²) < 4.78 is 5.42. The number of carbonyl (C=O) groups excluding carboxylic acids is 1. The summed E-state index contributed by atoms with van der Waals surface area (Å²) in [4.78, 5) is 12.4. The molecule has 0 aliphatic rings. The van der Waals surface area contributed by atoms with Gasteiger partial charge in [0.05, 0.1) is 6.61 Å².